The highest BCUT2D eigenvalue weighted by Crippen LogP contribution is 2.26. The Labute approximate surface area is 216 Å². The molecule has 38 heavy (non-hydrogen) atoms. The molecular formula is C27H23N7O4. The molecule has 1 atom stereocenters. The molecule has 3 heterocycles. The summed E-state index contributed by atoms with van der Waals surface area (Å²) in [4.78, 5) is 48.5. The van der Waals surface area contributed by atoms with E-state index in [1.165, 1.54) is 12.1 Å². The molecule has 5 aromatic rings. The van der Waals surface area contributed by atoms with Gasteiger partial charge in [0.05, 0.1) is 29.3 Å². The Bertz CT molecular complexity index is 1590. The molecule has 3 aromatic heterocycles. The van der Waals surface area contributed by atoms with Crippen LogP contribution in [0.25, 0.3) is 22.2 Å². The summed E-state index contributed by atoms with van der Waals surface area (Å²) in [5.41, 5.74) is 2.52. The molecule has 190 valence electrons. The van der Waals surface area contributed by atoms with Crippen LogP contribution in [-0.2, 0) is 11.8 Å². The monoisotopic (exact) mass is 509 g/mol. The highest BCUT2D eigenvalue weighted by Gasteiger charge is 2.25. The van der Waals surface area contributed by atoms with Crippen molar-refractivity contribution < 1.29 is 14.5 Å². The summed E-state index contributed by atoms with van der Waals surface area (Å²) in [6.07, 6.45) is 3.07. The van der Waals surface area contributed by atoms with Gasteiger partial charge in [0.25, 0.3) is 11.6 Å². The minimum absolute atomic E-state index is 0.0224. The van der Waals surface area contributed by atoms with Crippen LogP contribution in [0.15, 0.2) is 85.2 Å². The van der Waals surface area contributed by atoms with Crippen molar-refractivity contribution in [3.8, 4) is 11.3 Å². The van der Waals surface area contributed by atoms with Gasteiger partial charge in [-0.05, 0) is 36.4 Å². The zero-order valence-electron chi connectivity index (χ0n) is 20.3. The van der Waals surface area contributed by atoms with Crippen LogP contribution >= 0.6 is 0 Å². The lowest BCUT2D eigenvalue weighted by Crippen LogP contribution is -2.33. The van der Waals surface area contributed by atoms with E-state index in [0.717, 1.165) is 10.9 Å². The summed E-state index contributed by atoms with van der Waals surface area (Å²) in [7, 11) is 1.76. The first-order chi connectivity index (χ1) is 18.4. The molecule has 0 saturated carbocycles. The molecule has 0 radical (unpaired) electrons. The third kappa shape index (κ3) is 5.12. The smallest absolute Gasteiger partial charge is 0.269 e. The van der Waals surface area contributed by atoms with Crippen molar-refractivity contribution in [3.05, 3.63) is 107 Å². The number of nitro benzene ring substituents is 1. The summed E-state index contributed by atoms with van der Waals surface area (Å²) >= 11 is 0. The van der Waals surface area contributed by atoms with Gasteiger partial charge >= 0.3 is 0 Å². The number of nitro groups is 1. The van der Waals surface area contributed by atoms with Gasteiger partial charge in [-0.2, -0.15) is 0 Å². The van der Waals surface area contributed by atoms with E-state index >= 15 is 0 Å². The number of benzene rings is 2. The zero-order chi connectivity index (χ0) is 26.6. The number of H-pyrrole nitrogens is 1. The molecular weight excluding hydrogens is 486 g/mol. The van der Waals surface area contributed by atoms with Crippen LogP contribution in [0.4, 0.5) is 11.5 Å². The molecule has 0 bridgehead atoms. The van der Waals surface area contributed by atoms with Crippen LogP contribution in [0.1, 0.15) is 28.8 Å². The first kappa shape index (κ1) is 24.4. The van der Waals surface area contributed by atoms with Crippen molar-refractivity contribution in [1.82, 2.24) is 24.8 Å². The Hall–Kier alpha value is -5.32. The predicted octanol–water partition coefficient (Wildman–Crippen LogP) is 4.37. The van der Waals surface area contributed by atoms with E-state index in [4.69, 9.17) is 0 Å². The molecule has 0 unspecified atom stereocenters. The first-order valence-electron chi connectivity index (χ1n) is 11.7. The number of hydrogen-bond donors (Lipinski definition) is 3. The lowest BCUT2D eigenvalue weighted by atomic mass is 10.1. The Morgan fingerprint density at radius 2 is 1.82 bits per heavy atom. The van der Waals surface area contributed by atoms with E-state index in [-0.39, 0.29) is 18.0 Å². The summed E-state index contributed by atoms with van der Waals surface area (Å²) < 4.78 is 1.76. The molecule has 11 heteroatoms. The number of imidazole rings is 1. The number of pyridine rings is 1. The van der Waals surface area contributed by atoms with Crippen LogP contribution in [0.5, 0.6) is 0 Å². The number of fused-ring (bicyclic) bond motifs is 1. The third-order valence-corrected chi connectivity index (χ3v) is 6.11. The number of para-hydroxylation sites is 1. The summed E-state index contributed by atoms with van der Waals surface area (Å²) in [6, 6.07) is 19.8. The minimum Gasteiger partial charge on any atom is -0.351 e. The van der Waals surface area contributed by atoms with Gasteiger partial charge < -0.3 is 20.2 Å². The van der Waals surface area contributed by atoms with E-state index in [9.17, 15) is 19.7 Å². The van der Waals surface area contributed by atoms with E-state index in [0.29, 0.717) is 28.6 Å². The molecule has 2 aromatic carbocycles. The van der Waals surface area contributed by atoms with Crippen molar-refractivity contribution >= 4 is 34.2 Å². The molecule has 0 aliphatic carbocycles. The number of aromatic nitrogens is 4. The Balaban J connectivity index is 1.44. The van der Waals surface area contributed by atoms with E-state index in [2.05, 4.69) is 25.6 Å². The quantitative estimate of drug-likeness (QED) is 0.209. The zero-order valence-corrected chi connectivity index (χ0v) is 20.3. The number of anilines is 1. The van der Waals surface area contributed by atoms with Gasteiger partial charge in [0.2, 0.25) is 5.91 Å². The number of nitrogens with zero attached hydrogens (tertiary/aromatic N) is 4. The van der Waals surface area contributed by atoms with Gasteiger partial charge in [-0.1, -0.05) is 24.3 Å². The molecule has 11 nitrogen and oxygen atoms in total. The number of rotatable bonds is 8. The fraction of sp³-hybridized carbons (Fsp3) is 0.111. The molecule has 2 amide bonds. The number of nitrogens with one attached hydrogen (secondary N) is 3. The maximum absolute atomic E-state index is 13.2. The van der Waals surface area contributed by atoms with E-state index < -0.39 is 16.9 Å². The topological polar surface area (TPSA) is 148 Å². The van der Waals surface area contributed by atoms with E-state index in [1.54, 1.807) is 60.4 Å². The van der Waals surface area contributed by atoms with Gasteiger partial charge in [-0.25, -0.2) is 9.97 Å². The molecule has 0 aliphatic heterocycles. The Kier molecular flexibility index (Phi) is 6.64. The Morgan fingerprint density at radius 1 is 1.05 bits per heavy atom. The van der Waals surface area contributed by atoms with Crippen molar-refractivity contribution in [1.29, 1.82) is 0 Å². The fourth-order valence-corrected chi connectivity index (χ4v) is 4.22. The largest absolute Gasteiger partial charge is 0.351 e. The molecule has 5 rings (SSSR count). The molecule has 0 fully saturated rings. The Morgan fingerprint density at radius 3 is 2.53 bits per heavy atom. The second-order valence-corrected chi connectivity index (χ2v) is 8.63. The average Bonchev–Trinajstić information content (AvgIpc) is 3.52. The van der Waals surface area contributed by atoms with Crippen LogP contribution in [0, 0.1) is 10.1 Å². The normalized spacial score (nSPS) is 11.7. The van der Waals surface area contributed by atoms with Crippen molar-refractivity contribution in [2.45, 2.75) is 12.5 Å². The van der Waals surface area contributed by atoms with Crippen molar-refractivity contribution in [2.24, 2.45) is 7.05 Å². The van der Waals surface area contributed by atoms with Crippen LogP contribution in [0.2, 0.25) is 0 Å². The first-order valence-corrected chi connectivity index (χ1v) is 11.7. The van der Waals surface area contributed by atoms with Crippen molar-refractivity contribution in [3.63, 3.8) is 0 Å². The number of amides is 2. The lowest BCUT2D eigenvalue weighted by Gasteiger charge is -2.19. The number of aromatic amines is 1. The fourth-order valence-electron chi connectivity index (χ4n) is 4.22. The van der Waals surface area contributed by atoms with Gasteiger partial charge in [0.1, 0.15) is 17.3 Å². The maximum Gasteiger partial charge on any atom is 0.269 e. The standard InChI is InChI=1S/C27H23N7O4/c1-33-23(17-9-11-19(12-10-17)34(37)38)16-29-26(33)21(15-25(35)32-24-8-4-5-13-28-24)31-27(36)22-14-18-6-2-3-7-20(18)30-22/h2-14,16,21,30H,15H2,1H3,(H,31,36)(H,28,32,35)/t21-/m0/s1. The van der Waals surface area contributed by atoms with Gasteiger partial charge in [0, 0.05) is 41.8 Å². The average molecular weight is 510 g/mol. The second kappa shape index (κ2) is 10.3. The SMILES string of the molecule is Cn1c(-c2ccc([N+](=O)[O-])cc2)cnc1[C@H](CC(=O)Nc1ccccn1)NC(=O)c1cc2ccccc2[nH]1. The number of non-ortho nitro benzene ring substituents is 1. The lowest BCUT2D eigenvalue weighted by molar-refractivity contribution is -0.384. The number of hydrogen-bond acceptors (Lipinski definition) is 6. The highest BCUT2D eigenvalue weighted by molar-refractivity contribution is 5.98. The van der Waals surface area contributed by atoms with Crippen LogP contribution in [0.3, 0.4) is 0 Å². The van der Waals surface area contributed by atoms with E-state index in [1.807, 2.05) is 24.3 Å². The summed E-state index contributed by atoms with van der Waals surface area (Å²) in [5, 5.41) is 17.6. The molecule has 0 aliphatic rings. The maximum atomic E-state index is 13.2. The second-order valence-electron chi connectivity index (χ2n) is 8.63. The summed E-state index contributed by atoms with van der Waals surface area (Å²) in [5.74, 6) is 0.0887. The molecule has 0 spiro atoms. The predicted molar refractivity (Wildman–Crippen MR) is 141 cm³/mol. The van der Waals surface area contributed by atoms with Gasteiger partial charge in [-0.15, -0.1) is 0 Å². The third-order valence-electron chi connectivity index (χ3n) is 6.11. The molecule has 0 saturated heterocycles. The number of carbonyl (C=O) groups is 2. The van der Waals surface area contributed by atoms with Crippen LogP contribution < -0.4 is 10.6 Å². The van der Waals surface area contributed by atoms with Gasteiger partial charge in [-0.3, -0.25) is 19.7 Å². The summed E-state index contributed by atoms with van der Waals surface area (Å²) in [6.45, 7) is 0. The molecule has 3 N–H and O–H groups in total. The van der Waals surface area contributed by atoms with Gasteiger partial charge in [0.15, 0.2) is 0 Å². The van der Waals surface area contributed by atoms with Crippen molar-refractivity contribution in [2.75, 3.05) is 5.32 Å². The number of carbonyl (C=O) groups excluding carboxylic acids is 2. The highest BCUT2D eigenvalue weighted by atomic mass is 16.6. The van der Waals surface area contributed by atoms with Crippen LogP contribution in [-0.4, -0.2) is 36.3 Å². The minimum atomic E-state index is -0.783.